The summed E-state index contributed by atoms with van der Waals surface area (Å²) < 4.78 is 48.7. The highest BCUT2D eigenvalue weighted by molar-refractivity contribution is 5.91. The second kappa shape index (κ2) is 8.61. The molecule has 3 rings (SSSR count). The number of nitrogens with zero attached hydrogens (tertiary/aromatic N) is 2. The number of carbonyl (C=O) groups excluding carboxylic acids is 1. The summed E-state index contributed by atoms with van der Waals surface area (Å²) in [5, 5.41) is 2.57. The summed E-state index contributed by atoms with van der Waals surface area (Å²) in [4.78, 5) is 17.9. The number of likely N-dealkylation sites (tertiary alicyclic amines) is 1. The van der Waals surface area contributed by atoms with Gasteiger partial charge in [0.25, 0.3) is 6.43 Å². The van der Waals surface area contributed by atoms with Crippen LogP contribution in [0.5, 0.6) is 11.5 Å². The number of ether oxygens (including phenoxy) is 2. The van der Waals surface area contributed by atoms with Crippen molar-refractivity contribution in [3.05, 3.63) is 48.5 Å². The van der Waals surface area contributed by atoms with Gasteiger partial charge < -0.3 is 19.7 Å². The van der Waals surface area contributed by atoms with Crippen molar-refractivity contribution in [3.63, 3.8) is 0 Å². The average Bonchev–Trinajstić information content (AvgIpc) is 3.11. The van der Waals surface area contributed by atoms with Crippen molar-refractivity contribution in [1.29, 1.82) is 0 Å². The smallest absolute Gasteiger partial charge is 0.322 e. The first-order chi connectivity index (χ1) is 13.0. The predicted molar refractivity (Wildman–Crippen MR) is 91.8 cm³/mol. The van der Waals surface area contributed by atoms with Crippen LogP contribution in [0.25, 0.3) is 0 Å². The molecule has 0 spiro atoms. The van der Waals surface area contributed by atoms with E-state index in [4.69, 9.17) is 9.47 Å². The van der Waals surface area contributed by atoms with Crippen molar-refractivity contribution in [2.24, 2.45) is 0 Å². The lowest BCUT2D eigenvalue weighted by Gasteiger charge is -2.19. The number of nitrogens with one attached hydrogen (secondary N) is 1. The van der Waals surface area contributed by atoms with Gasteiger partial charge in [-0.3, -0.25) is 4.98 Å². The maximum absolute atomic E-state index is 13.4. The number of hydrogen-bond donors (Lipinski definition) is 1. The van der Waals surface area contributed by atoms with Crippen LogP contribution in [-0.4, -0.2) is 48.1 Å². The molecule has 1 aromatic heterocycles. The Kier molecular flexibility index (Phi) is 6.00. The van der Waals surface area contributed by atoms with Crippen molar-refractivity contribution >= 4 is 11.7 Å². The number of urea groups is 1. The number of benzene rings is 1. The Labute approximate surface area is 153 Å². The van der Waals surface area contributed by atoms with Gasteiger partial charge in [0, 0.05) is 25.2 Å². The van der Waals surface area contributed by atoms with Gasteiger partial charge in [0.2, 0.25) is 0 Å². The Morgan fingerprint density at radius 2 is 2.22 bits per heavy atom. The fourth-order valence-electron chi connectivity index (χ4n) is 2.68. The number of hydrogen-bond acceptors (Lipinski definition) is 4. The van der Waals surface area contributed by atoms with Crippen LogP contribution in [0.2, 0.25) is 0 Å². The zero-order valence-electron chi connectivity index (χ0n) is 14.3. The van der Waals surface area contributed by atoms with Crippen LogP contribution < -0.4 is 14.8 Å². The fraction of sp³-hybridized carbons (Fsp3) is 0.333. The molecule has 1 aliphatic rings. The summed E-state index contributed by atoms with van der Waals surface area (Å²) in [5.74, 6) is -0.180. The molecule has 2 aromatic rings. The lowest BCUT2D eigenvalue weighted by Crippen LogP contribution is -2.34. The first-order valence-electron chi connectivity index (χ1n) is 8.34. The maximum Gasteiger partial charge on any atom is 0.322 e. The number of alkyl halides is 2. The second-order valence-electron chi connectivity index (χ2n) is 5.94. The Hall–Kier alpha value is -2.97. The lowest BCUT2D eigenvalue weighted by molar-refractivity contribution is 0.0821. The molecule has 1 atom stereocenters. The van der Waals surface area contributed by atoms with Gasteiger partial charge in [-0.25, -0.2) is 18.0 Å². The molecule has 2 amide bonds. The Morgan fingerprint density at radius 3 is 2.96 bits per heavy atom. The number of aromatic nitrogens is 1. The standard InChI is InChI=1S/C18H18F3N3O3/c19-12-3-4-15(16(8-12)26-11-17(20)21)23-18(25)24-7-5-14(10-24)27-13-2-1-6-22-9-13/h1-4,6,8-9,14,17H,5,7,10-11H2,(H,23,25)/t14-/m0/s1. The van der Waals surface area contributed by atoms with Gasteiger partial charge in [-0.15, -0.1) is 0 Å². The quantitative estimate of drug-likeness (QED) is 0.831. The highest BCUT2D eigenvalue weighted by Crippen LogP contribution is 2.27. The van der Waals surface area contributed by atoms with Gasteiger partial charge in [0.1, 0.15) is 30.0 Å². The van der Waals surface area contributed by atoms with Crippen molar-refractivity contribution in [2.75, 3.05) is 25.0 Å². The first kappa shape index (κ1) is 18.8. The number of rotatable bonds is 6. The van der Waals surface area contributed by atoms with E-state index >= 15 is 0 Å². The van der Waals surface area contributed by atoms with Crippen LogP contribution in [0.15, 0.2) is 42.7 Å². The minimum absolute atomic E-state index is 0.124. The molecule has 1 N–H and O–H groups in total. The van der Waals surface area contributed by atoms with E-state index in [2.05, 4.69) is 10.3 Å². The van der Waals surface area contributed by atoms with Gasteiger partial charge >= 0.3 is 6.03 Å². The summed E-state index contributed by atoms with van der Waals surface area (Å²) in [6.45, 7) is -0.0720. The second-order valence-corrected chi connectivity index (χ2v) is 5.94. The van der Waals surface area contributed by atoms with Gasteiger partial charge in [-0.1, -0.05) is 0 Å². The summed E-state index contributed by atoms with van der Waals surface area (Å²) in [6, 6.07) is 6.43. The fourth-order valence-corrected chi connectivity index (χ4v) is 2.68. The molecule has 0 radical (unpaired) electrons. The van der Waals surface area contributed by atoms with E-state index < -0.39 is 24.9 Å². The van der Waals surface area contributed by atoms with Crippen molar-refractivity contribution in [2.45, 2.75) is 19.0 Å². The summed E-state index contributed by atoms with van der Waals surface area (Å²) >= 11 is 0. The van der Waals surface area contributed by atoms with E-state index in [0.717, 1.165) is 12.1 Å². The first-order valence-corrected chi connectivity index (χ1v) is 8.34. The maximum atomic E-state index is 13.4. The van der Waals surface area contributed by atoms with E-state index in [-0.39, 0.29) is 17.5 Å². The highest BCUT2D eigenvalue weighted by atomic mass is 19.3. The predicted octanol–water partition coefficient (Wildman–Crippen LogP) is 3.55. The molecule has 6 nitrogen and oxygen atoms in total. The molecule has 1 fully saturated rings. The Morgan fingerprint density at radius 1 is 1.37 bits per heavy atom. The molecule has 1 aromatic carbocycles. The third kappa shape index (κ3) is 5.25. The minimum Gasteiger partial charge on any atom is -0.487 e. The van der Waals surface area contributed by atoms with Gasteiger partial charge in [0.15, 0.2) is 0 Å². The van der Waals surface area contributed by atoms with Crippen molar-refractivity contribution in [3.8, 4) is 11.5 Å². The molecule has 0 aliphatic carbocycles. The molecule has 0 unspecified atom stereocenters. The molecule has 1 aliphatic heterocycles. The van der Waals surface area contributed by atoms with E-state index in [1.165, 1.54) is 11.0 Å². The molecule has 0 bridgehead atoms. The largest absolute Gasteiger partial charge is 0.487 e. The zero-order valence-corrected chi connectivity index (χ0v) is 14.3. The number of amides is 2. The average molecular weight is 381 g/mol. The summed E-state index contributed by atoms with van der Waals surface area (Å²) in [7, 11) is 0. The van der Waals surface area contributed by atoms with Crippen LogP contribution in [0, 0.1) is 5.82 Å². The third-order valence-corrected chi connectivity index (χ3v) is 3.92. The monoisotopic (exact) mass is 381 g/mol. The highest BCUT2D eigenvalue weighted by Gasteiger charge is 2.28. The van der Waals surface area contributed by atoms with E-state index in [1.807, 2.05) is 0 Å². The third-order valence-electron chi connectivity index (χ3n) is 3.92. The number of pyridine rings is 1. The van der Waals surface area contributed by atoms with Crippen LogP contribution in [-0.2, 0) is 0 Å². The van der Waals surface area contributed by atoms with Crippen molar-refractivity contribution in [1.82, 2.24) is 9.88 Å². The Balaban J connectivity index is 1.59. The molecule has 0 saturated carbocycles. The number of anilines is 1. The van der Waals surface area contributed by atoms with Gasteiger partial charge in [-0.05, 0) is 24.3 Å². The number of halogens is 3. The SMILES string of the molecule is O=C(Nc1ccc(F)cc1OCC(F)F)N1CC[C@H](Oc2cccnc2)C1. The van der Waals surface area contributed by atoms with E-state index in [0.29, 0.717) is 25.3 Å². The molecule has 144 valence electrons. The Bertz CT molecular complexity index is 777. The number of carbonyl (C=O) groups is 1. The van der Waals surface area contributed by atoms with Crippen LogP contribution >= 0.6 is 0 Å². The lowest BCUT2D eigenvalue weighted by atomic mass is 10.3. The molecule has 2 heterocycles. The van der Waals surface area contributed by atoms with Gasteiger partial charge in [0.05, 0.1) is 18.4 Å². The van der Waals surface area contributed by atoms with E-state index in [9.17, 15) is 18.0 Å². The molecule has 9 heteroatoms. The van der Waals surface area contributed by atoms with E-state index in [1.54, 1.807) is 24.5 Å². The summed E-state index contributed by atoms with van der Waals surface area (Å²) in [6.07, 6.45) is 0.981. The molecule has 1 saturated heterocycles. The topological polar surface area (TPSA) is 63.7 Å². The molecular weight excluding hydrogens is 363 g/mol. The van der Waals surface area contributed by atoms with Crippen molar-refractivity contribution < 1.29 is 27.4 Å². The zero-order chi connectivity index (χ0) is 19.2. The summed E-state index contributed by atoms with van der Waals surface area (Å²) in [5.41, 5.74) is 0.124. The molecular formula is C18H18F3N3O3. The molecule has 27 heavy (non-hydrogen) atoms. The van der Waals surface area contributed by atoms with Gasteiger partial charge in [-0.2, -0.15) is 0 Å². The van der Waals surface area contributed by atoms with Crippen LogP contribution in [0.3, 0.4) is 0 Å². The van der Waals surface area contributed by atoms with Crippen LogP contribution in [0.4, 0.5) is 23.7 Å². The minimum atomic E-state index is -2.71. The van der Waals surface area contributed by atoms with Crippen LogP contribution in [0.1, 0.15) is 6.42 Å². The normalized spacial score (nSPS) is 16.4.